The Labute approximate surface area is 101 Å². The fourth-order valence-corrected chi connectivity index (χ4v) is 2.45. The fraction of sp³-hybridized carbons (Fsp3) is 0.100. The quantitative estimate of drug-likeness (QED) is 0.709. The number of nitrogens with zero attached hydrogens (tertiary/aromatic N) is 3. The molecular weight excluding hydrogens is 240 g/mol. The number of rotatable bonds is 2. The van der Waals surface area contributed by atoms with E-state index in [1.807, 2.05) is 28.4 Å². The van der Waals surface area contributed by atoms with E-state index in [0.717, 1.165) is 17.7 Å². The van der Waals surface area contributed by atoms with Crippen molar-refractivity contribution in [1.29, 1.82) is 0 Å². The fourth-order valence-electron chi connectivity index (χ4n) is 1.61. The van der Waals surface area contributed by atoms with E-state index in [-0.39, 0.29) is 0 Å². The Balaban J connectivity index is 2.16. The van der Waals surface area contributed by atoms with Gasteiger partial charge in [0.05, 0.1) is 17.6 Å². The topological polar surface area (TPSA) is 46.5 Å². The monoisotopic (exact) mass is 248 g/mol. The molecule has 0 saturated heterocycles. The molecule has 0 aliphatic carbocycles. The van der Waals surface area contributed by atoms with Crippen LogP contribution in [0, 0.1) is 4.77 Å². The molecule has 0 amide bonds. The van der Waals surface area contributed by atoms with E-state index in [1.54, 1.807) is 17.5 Å². The van der Waals surface area contributed by atoms with Crippen LogP contribution in [0.3, 0.4) is 0 Å². The number of nitrogens with one attached hydrogen (secondary N) is 1. The Kier molecular flexibility index (Phi) is 2.30. The lowest BCUT2D eigenvalue weighted by Gasteiger charge is -1.99. The van der Waals surface area contributed by atoms with Crippen LogP contribution in [0.5, 0.6) is 0 Å². The number of aromatic amines is 1. The summed E-state index contributed by atoms with van der Waals surface area (Å²) in [5, 5.41) is 0. The zero-order chi connectivity index (χ0) is 11.0. The van der Waals surface area contributed by atoms with E-state index in [9.17, 15) is 0 Å². The maximum Gasteiger partial charge on any atom is 0.179 e. The van der Waals surface area contributed by atoms with Gasteiger partial charge in [0.15, 0.2) is 10.4 Å². The number of H-pyrrole nitrogens is 1. The van der Waals surface area contributed by atoms with Crippen LogP contribution in [0.4, 0.5) is 0 Å². The Morgan fingerprint density at radius 1 is 1.50 bits per heavy atom. The van der Waals surface area contributed by atoms with Crippen LogP contribution < -0.4 is 0 Å². The number of pyridine rings is 1. The second kappa shape index (κ2) is 3.80. The highest BCUT2D eigenvalue weighted by Crippen LogP contribution is 2.14. The molecule has 0 bridgehead atoms. The number of imidazole rings is 1. The molecule has 0 saturated carbocycles. The summed E-state index contributed by atoms with van der Waals surface area (Å²) in [6, 6.07) is 3.87. The average Bonchev–Trinajstić information content (AvgIpc) is 2.89. The molecule has 3 aromatic heterocycles. The normalized spacial score (nSPS) is 11.0. The molecule has 1 N–H and O–H groups in total. The lowest BCUT2D eigenvalue weighted by molar-refractivity contribution is 0.811. The molecule has 0 atom stereocenters. The zero-order valence-corrected chi connectivity index (χ0v) is 9.88. The predicted octanol–water partition coefficient (Wildman–Crippen LogP) is 2.60. The summed E-state index contributed by atoms with van der Waals surface area (Å²) in [4.78, 5) is 12.7. The Morgan fingerprint density at radius 2 is 2.44 bits per heavy atom. The highest BCUT2D eigenvalue weighted by Gasteiger charge is 2.05. The lowest BCUT2D eigenvalue weighted by Crippen LogP contribution is -1.98. The summed E-state index contributed by atoms with van der Waals surface area (Å²) in [5.74, 6) is 0. The smallest absolute Gasteiger partial charge is 0.179 e. The van der Waals surface area contributed by atoms with E-state index >= 15 is 0 Å². The van der Waals surface area contributed by atoms with E-state index in [2.05, 4.69) is 15.0 Å². The number of hydrogen-bond donors (Lipinski definition) is 1. The SMILES string of the molecule is S=c1[nH]c2cccnc2n1Cc1cncs1. The Morgan fingerprint density at radius 3 is 3.25 bits per heavy atom. The number of fused-ring (bicyclic) bond motifs is 1. The van der Waals surface area contributed by atoms with Crippen LogP contribution in [-0.4, -0.2) is 19.5 Å². The molecule has 0 aromatic carbocycles. The Bertz CT molecular complexity index is 666. The third-order valence-electron chi connectivity index (χ3n) is 2.33. The summed E-state index contributed by atoms with van der Waals surface area (Å²) >= 11 is 6.90. The molecule has 3 aromatic rings. The summed E-state index contributed by atoms with van der Waals surface area (Å²) in [5.41, 5.74) is 3.68. The molecule has 0 aliphatic rings. The van der Waals surface area contributed by atoms with E-state index in [4.69, 9.17) is 12.2 Å². The van der Waals surface area contributed by atoms with Gasteiger partial charge in [0.2, 0.25) is 0 Å². The first kappa shape index (κ1) is 9.68. The van der Waals surface area contributed by atoms with E-state index in [1.165, 1.54) is 4.88 Å². The highest BCUT2D eigenvalue weighted by molar-refractivity contribution is 7.71. The number of thiazole rings is 1. The van der Waals surface area contributed by atoms with Gasteiger partial charge in [-0.2, -0.15) is 0 Å². The van der Waals surface area contributed by atoms with Crippen LogP contribution in [-0.2, 0) is 6.54 Å². The van der Waals surface area contributed by atoms with Gasteiger partial charge in [-0.1, -0.05) is 0 Å². The van der Waals surface area contributed by atoms with Crippen molar-refractivity contribution < 1.29 is 0 Å². The van der Waals surface area contributed by atoms with Crippen molar-refractivity contribution in [3.63, 3.8) is 0 Å². The van der Waals surface area contributed by atoms with Crippen LogP contribution in [0.15, 0.2) is 30.0 Å². The molecule has 4 nitrogen and oxygen atoms in total. The Hall–Kier alpha value is -1.53. The van der Waals surface area contributed by atoms with Crippen LogP contribution in [0.25, 0.3) is 11.2 Å². The molecular formula is C10H8N4S2. The van der Waals surface area contributed by atoms with Crippen LogP contribution in [0.1, 0.15) is 4.88 Å². The van der Waals surface area contributed by atoms with Gasteiger partial charge in [0.1, 0.15) is 0 Å². The molecule has 0 fully saturated rings. The number of aromatic nitrogens is 4. The van der Waals surface area contributed by atoms with Gasteiger partial charge < -0.3 is 4.98 Å². The van der Waals surface area contributed by atoms with E-state index in [0.29, 0.717) is 4.77 Å². The summed E-state index contributed by atoms with van der Waals surface area (Å²) < 4.78 is 2.68. The second-order valence-corrected chi connectivity index (χ2v) is 4.72. The maximum absolute atomic E-state index is 5.28. The molecule has 3 rings (SSSR count). The molecule has 0 aliphatic heterocycles. The molecule has 0 spiro atoms. The minimum Gasteiger partial charge on any atom is -0.329 e. The second-order valence-electron chi connectivity index (χ2n) is 3.36. The van der Waals surface area contributed by atoms with E-state index < -0.39 is 0 Å². The molecule has 3 heterocycles. The van der Waals surface area contributed by atoms with Crippen LogP contribution in [0.2, 0.25) is 0 Å². The van der Waals surface area contributed by atoms with Crippen LogP contribution >= 0.6 is 23.6 Å². The standard InChI is InChI=1S/C10H8N4S2/c15-10-13-8-2-1-3-12-9(8)14(10)5-7-4-11-6-16-7/h1-4,6H,5H2,(H,13,15). The molecule has 6 heteroatoms. The molecule has 80 valence electrons. The maximum atomic E-state index is 5.28. The first-order valence-electron chi connectivity index (χ1n) is 4.75. The molecule has 16 heavy (non-hydrogen) atoms. The molecule has 0 radical (unpaired) electrons. The number of hydrogen-bond acceptors (Lipinski definition) is 4. The molecule has 0 unspecified atom stereocenters. The largest absolute Gasteiger partial charge is 0.329 e. The first-order chi connectivity index (χ1) is 7.84. The van der Waals surface area contributed by atoms with Gasteiger partial charge >= 0.3 is 0 Å². The van der Waals surface area contributed by atoms with Crippen molar-refractivity contribution >= 4 is 34.7 Å². The third kappa shape index (κ3) is 1.56. The zero-order valence-electron chi connectivity index (χ0n) is 8.25. The predicted molar refractivity (Wildman–Crippen MR) is 66.1 cm³/mol. The summed E-state index contributed by atoms with van der Waals surface area (Å²) in [7, 11) is 0. The van der Waals surface area contributed by atoms with Crippen molar-refractivity contribution in [3.8, 4) is 0 Å². The minimum atomic E-state index is 0.696. The van der Waals surface area contributed by atoms with Crippen molar-refractivity contribution in [2.45, 2.75) is 6.54 Å². The highest BCUT2D eigenvalue weighted by atomic mass is 32.1. The van der Waals surface area contributed by atoms with Crippen molar-refractivity contribution in [3.05, 3.63) is 39.7 Å². The van der Waals surface area contributed by atoms with Gasteiger partial charge in [-0.3, -0.25) is 9.55 Å². The first-order valence-corrected chi connectivity index (χ1v) is 6.04. The minimum absolute atomic E-state index is 0.696. The van der Waals surface area contributed by atoms with Crippen molar-refractivity contribution in [2.75, 3.05) is 0 Å². The van der Waals surface area contributed by atoms with Gasteiger partial charge in [-0.05, 0) is 24.4 Å². The van der Waals surface area contributed by atoms with Gasteiger partial charge in [-0.25, -0.2) is 4.98 Å². The summed E-state index contributed by atoms with van der Waals surface area (Å²) in [6.07, 6.45) is 3.63. The summed E-state index contributed by atoms with van der Waals surface area (Å²) in [6.45, 7) is 0.723. The lowest BCUT2D eigenvalue weighted by atomic mass is 10.4. The van der Waals surface area contributed by atoms with Gasteiger partial charge in [0.25, 0.3) is 0 Å². The van der Waals surface area contributed by atoms with Gasteiger partial charge in [-0.15, -0.1) is 11.3 Å². The third-order valence-corrected chi connectivity index (χ3v) is 3.41. The van der Waals surface area contributed by atoms with Crippen molar-refractivity contribution in [2.24, 2.45) is 0 Å². The van der Waals surface area contributed by atoms with Gasteiger partial charge in [0, 0.05) is 17.3 Å². The van der Waals surface area contributed by atoms with Crippen molar-refractivity contribution in [1.82, 2.24) is 19.5 Å². The average molecular weight is 248 g/mol.